The third-order valence-corrected chi connectivity index (χ3v) is 1.43. The summed E-state index contributed by atoms with van der Waals surface area (Å²) < 4.78 is 0. The zero-order chi connectivity index (χ0) is 6.57. The molecule has 0 aliphatic carbocycles. The number of allylic oxidation sites excluding steroid dienone is 1. The van der Waals surface area contributed by atoms with E-state index in [2.05, 4.69) is 13.8 Å². The minimum absolute atomic E-state index is 0.424. The molecular weight excluding hydrogens is 100 g/mol. The summed E-state index contributed by atoms with van der Waals surface area (Å²) in [6, 6.07) is 0. The molecule has 0 N–H and O–H groups in total. The van der Waals surface area contributed by atoms with E-state index in [-0.39, 0.29) is 0 Å². The van der Waals surface area contributed by atoms with Gasteiger partial charge in [0.05, 0.1) is 0 Å². The Bertz CT molecular complexity index is 74.5. The minimum Gasteiger partial charge on any atom is -0.299 e. The Hall–Kier alpha value is -0.460. The number of rotatable bonds is 2. The van der Waals surface area contributed by atoms with E-state index in [1.54, 1.807) is 6.08 Å². The molecule has 1 unspecified atom stereocenters. The predicted molar refractivity (Wildman–Crippen MR) is 33.8 cm³/mol. The van der Waals surface area contributed by atoms with Crippen molar-refractivity contribution in [3.63, 3.8) is 0 Å². The van der Waals surface area contributed by atoms with Gasteiger partial charge >= 0.3 is 0 Å². The molecule has 0 bridgehead atoms. The summed E-state index contributed by atoms with van der Waals surface area (Å²) in [7, 11) is 0. The van der Waals surface area contributed by atoms with Crippen LogP contribution in [0.5, 0.6) is 0 Å². The lowest BCUT2D eigenvalue weighted by Crippen LogP contribution is -1.98. The van der Waals surface area contributed by atoms with Crippen LogP contribution in [0.15, 0.2) is 12.3 Å². The van der Waals surface area contributed by atoms with Crippen LogP contribution in [-0.4, -0.2) is 0 Å². The highest BCUT2D eigenvalue weighted by Crippen LogP contribution is 2.09. The molecule has 0 rings (SSSR count). The van der Waals surface area contributed by atoms with Gasteiger partial charge in [-0.25, -0.2) is 0 Å². The third-order valence-electron chi connectivity index (χ3n) is 1.43. The van der Waals surface area contributed by atoms with Crippen molar-refractivity contribution >= 4 is 0 Å². The first kappa shape index (κ1) is 7.54. The van der Waals surface area contributed by atoms with Gasteiger partial charge in [-0.1, -0.05) is 20.8 Å². The van der Waals surface area contributed by atoms with Gasteiger partial charge in [0.1, 0.15) is 6.26 Å². The van der Waals surface area contributed by atoms with Crippen LogP contribution < -0.4 is 0 Å². The second kappa shape index (κ2) is 3.53. The third kappa shape index (κ3) is 2.67. The van der Waals surface area contributed by atoms with Gasteiger partial charge in [0, 0.05) is 0 Å². The Morgan fingerprint density at radius 3 is 1.88 bits per heavy atom. The first-order chi connectivity index (χ1) is 3.68. The fourth-order valence-electron chi connectivity index (χ4n) is 0.346. The predicted octanol–water partition coefficient (Wildman–Crippen LogP) is 2.22. The molecular formula is C7H13O. The molecule has 0 saturated carbocycles. The Kier molecular flexibility index (Phi) is 3.33. The summed E-state index contributed by atoms with van der Waals surface area (Å²) >= 11 is 0. The van der Waals surface area contributed by atoms with E-state index in [1.807, 2.05) is 6.92 Å². The highest BCUT2D eigenvalue weighted by Gasteiger charge is 2.00. The molecule has 47 valence electrons. The Morgan fingerprint density at radius 1 is 1.25 bits per heavy atom. The van der Waals surface area contributed by atoms with E-state index in [4.69, 9.17) is 0 Å². The van der Waals surface area contributed by atoms with Gasteiger partial charge in [-0.05, 0) is 17.9 Å². The fourth-order valence-corrected chi connectivity index (χ4v) is 0.346. The average Bonchev–Trinajstić information content (AvgIpc) is 1.67. The zero-order valence-electron chi connectivity index (χ0n) is 5.72. The van der Waals surface area contributed by atoms with Crippen LogP contribution >= 0.6 is 0 Å². The van der Waals surface area contributed by atoms with Crippen molar-refractivity contribution < 1.29 is 5.11 Å². The van der Waals surface area contributed by atoms with Gasteiger partial charge in [-0.2, -0.15) is 0 Å². The summed E-state index contributed by atoms with van der Waals surface area (Å²) in [6.07, 6.45) is 2.55. The van der Waals surface area contributed by atoms with Crippen molar-refractivity contribution in [2.24, 2.45) is 11.8 Å². The van der Waals surface area contributed by atoms with Crippen LogP contribution in [0.1, 0.15) is 20.8 Å². The van der Waals surface area contributed by atoms with Gasteiger partial charge in [0.2, 0.25) is 0 Å². The fraction of sp³-hybridized carbons (Fsp3) is 0.714. The topological polar surface area (TPSA) is 19.9 Å². The minimum atomic E-state index is 0.424. The molecule has 8 heavy (non-hydrogen) atoms. The summed E-state index contributed by atoms with van der Waals surface area (Å²) in [4.78, 5) is 0. The molecule has 0 amide bonds. The van der Waals surface area contributed by atoms with E-state index < -0.39 is 0 Å². The van der Waals surface area contributed by atoms with Crippen molar-refractivity contribution in [3.8, 4) is 0 Å². The second-order valence-electron chi connectivity index (χ2n) is 2.43. The first-order valence-corrected chi connectivity index (χ1v) is 2.97. The van der Waals surface area contributed by atoms with Gasteiger partial charge in [0.25, 0.3) is 0 Å². The van der Waals surface area contributed by atoms with Crippen molar-refractivity contribution in [2.45, 2.75) is 20.8 Å². The number of hydrogen-bond acceptors (Lipinski definition) is 0. The quantitative estimate of drug-likeness (QED) is 0.489. The standard InChI is InChI=1S/C7H13O/c1-6(2)7(3)4-5-8/h4-7H,1-3H3. The van der Waals surface area contributed by atoms with E-state index in [1.165, 1.54) is 0 Å². The lowest BCUT2D eigenvalue weighted by atomic mass is 9.99. The van der Waals surface area contributed by atoms with E-state index in [0.717, 1.165) is 6.26 Å². The Morgan fingerprint density at radius 2 is 1.75 bits per heavy atom. The summed E-state index contributed by atoms with van der Waals surface area (Å²) in [5, 5.41) is 9.86. The lowest BCUT2D eigenvalue weighted by molar-refractivity contribution is 0.342. The molecule has 0 heterocycles. The van der Waals surface area contributed by atoms with Crippen LogP contribution in [0.25, 0.3) is 0 Å². The zero-order valence-corrected chi connectivity index (χ0v) is 5.72. The highest BCUT2D eigenvalue weighted by molar-refractivity contribution is 4.80. The summed E-state index contributed by atoms with van der Waals surface area (Å²) in [5.41, 5.74) is 0. The second-order valence-corrected chi connectivity index (χ2v) is 2.43. The Balaban J connectivity index is 3.47. The maximum Gasteiger partial charge on any atom is 0.139 e. The van der Waals surface area contributed by atoms with Gasteiger partial charge in [-0.15, -0.1) is 0 Å². The molecule has 0 aromatic rings. The molecule has 0 aromatic carbocycles. The molecule has 0 fully saturated rings. The van der Waals surface area contributed by atoms with Crippen molar-refractivity contribution in [1.29, 1.82) is 0 Å². The summed E-state index contributed by atoms with van der Waals surface area (Å²) in [5.74, 6) is 1.01. The molecule has 0 aromatic heterocycles. The summed E-state index contributed by atoms with van der Waals surface area (Å²) in [6.45, 7) is 6.24. The normalized spacial score (nSPS) is 15.5. The molecule has 1 atom stereocenters. The van der Waals surface area contributed by atoms with Gasteiger partial charge < -0.3 is 0 Å². The molecule has 0 saturated heterocycles. The van der Waals surface area contributed by atoms with Crippen molar-refractivity contribution in [1.82, 2.24) is 0 Å². The van der Waals surface area contributed by atoms with Crippen LogP contribution in [0, 0.1) is 11.8 Å². The molecule has 1 heteroatoms. The van der Waals surface area contributed by atoms with Crippen molar-refractivity contribution in [2.75, 3.05) is 0 Å². The Labute approximate surface area is 51.0 Å². The highest BCUT2D eigenvalue weighted by atomic mass is 16.2. The largest absolute Gasteiger partial charge is 0.299 e. The van der Waals surface area contributed by atoms with E-state index in [9.17, 15) is 5.11 Å². The van der Waals surface area contributed by atoms with Crippen LogP contribution in [-0.2, 0) is 5.11 Å². The van der Waals surface area contributed by atoms with Crippen LogP contribution in [0.3, 0.4) is 0 Å². The van der Waals surface area contributed by atoms with E-state index in [0.29, 0.717) is 11.8 Å². The number of hydrogen-bond donors (Lipinski definition) is 0. The van der Waals surface area contributed by atoms with Gasteiger partial charge in [-0.3, -0.25) is 5.11 Å². The monoisotopic (exact) mass is 113 g/mol. The van der Waals surface area contributed by atoms with Crippen molar-refractivity contribution in [3.05, 3.63) is 12.3 Å². The lowest BCUT2D eigenvalue weighted by Gasteiger charge is -2.07. The maximum absolute atomic E-state index is 9.86. The van der Waals surface area contributed by atoms with Crippen LogP contribution in [0.2, 0.25) is 0 Å². The SMILES string of the molecule is CC(C)C(C)C=C[O]. The molecule has 0 aliphatic heterocycles. The maximum atomic E-state index is 9.86. The molecule has 0 spiro atoms. The average molecular weight is 113 g/mol. The first-order valence-electron chi connectivity index (χ1n) is 2.97. The molecule has 1 radical (unpaired) electrons. The van der Waals surface area contributed by atoms with Gasteiger partial charge in [0.15, 0.2) is 0 Å². The molecule has 0 aliphatic rings. The van der Waals surface area contributed by atoms with E-state index >= 15 is 0 Å². The smallest absolute Gasteiger partial charge is 0.139 e. The molecule has 1 nitrogen and oxygen atoms in total. The van der Waals surface area contributed by atoms with Crippen LogP contribution in [0.4, 0.5) is 0 Å².